The maximum absolute atomic E-state index is 13.4. The summed E-state index contributed by atoms with van der Waals surface area (Å²) >= 11 is 1.68. The van der Waals surface area contributed by atoms with Crippen molar-refractivity contribution in [3.63, 3.8) is 0 Å². The van der Waals surface area contributed by atoms with Crippen LogP contribution in [0.5, 0.6) is 0 Å². The fourth-order valence-corrected chi connectivity index (χ4v) is 5.27. The van der Waals surface area contributed by atoms with E-state index in [1.165, 1.54) is 5.56 Å². The lowest BCUT2D eigenvalue weighted by Crippen LogP contribution is -2.37. The number of amides is 1. The minimum absolute atomic E-state index is 0.0946. The molecule has 0 spiro atoms. The first-order valence-corrected chi connectivity index (χ1v) is 12.8. The van der Waals surface area contributed by atoms with E-state index in [0.717, 1.165) is 52.2 Å². The molecule has 176 valence electrons. The van der Waals surface area contributed by atoms with Crippen LogP contribution in [0.4, 0.5) is 0 Å². The Morgan fingerprint density at radius 1 is 1.24 bits per heavy atom. The molecule has 0 N–H and O–H groups in total. The van der Waals surface area contributed by atoms with Crippen LogP contribution in [0.15, 0.2) is 54.0 Å². The van der Waals surface area contributed by atoms with E-state index in [2.05, 4.69) is 47.7 Å². The van der Waals surface area contributed by atoms with Crippen LogP contribution in [0.25, 0.3) is 21.5 Å². The molecular weight excluding hydrogens is 444 g/mol. The number of benzene rings is 1. The highest BCUT2D eigenvalue weighted by Crippen LogP contribution is 2.31. The Morgan fingerprint density at radius 3 is 2.88 bits per heavy atom. The van der Waals surface area contributed by atoms with Gasteiger partial charge in [-0.15, -0.1) is 11.3 Å². The van der Waals surface area contributed by atoms with E-state index < -0.39 is 0 Å². The van der Waals surface area contributed by atoms with Crippen molar-refractivity contribution in [1.82, 2.24) is 19.7 Å². The molecule has 1 aliphatic rings. The molecule has 5 rings (SSSR count). The Hall–Kier alpha value is -3.03. The molecule has 6 nitrogen and oxygen atoms in total. The van der Waals surface area contributed by atoms with Gasteiger partial charge in [0.1, 0.15) is 0 Å². The third-order valence-corrected chi connectivity index (χ3v) is 7.17. The van der Waals surface area contributed by atoms with Gasteiger partial charge in [-0.05, 0) is 67.5 Å². The van der Waals surface area contributed by atoms with Gasteiger partial charge in [-0.25, -0.2) is 4.98 Å². The Morgan fingerprint density at radius 2 is 2.15 bits per heavy atom. The first kappa shape index (κ1) is 22.7. The normalized spacial score (nSPS) is 15.8. The van der Waals surface area contributed by atoms with Crippen LogP contribution in [0.3, 0.4) is 0 Å². The zero-order chi connectivity index (χ0) is 23.5. The number of thiophene rings is 1. The summed E-state index contributed by atoms with van der Waals surface area (Å²) in [5, 5.41) is 7.60. The third kappa shape index (κ3) is 5.21. The van der Waals surface area contributed by atoms with Crippen LogP contribution in [0.1, 0.15) is 36.1 Å². The van der Waals surface area contributed by atoms with E-state index >= 15 is 0 Å². The van der Waals surface area contributed by atoms with Gasteiger partial charge in [0.15, 0.2) is 0 Å². The summed E-state index contributed by atoms with van der Waals surface area (Å²) in [6, 6.07) is 14.7. The van der Waals surface area contributed by atoms with Gasteiger partial charge in [-0.1, -0.05) is 18.2 Å². The number of hydrogen-bond acceptors (Lipinski definition) is 5. The van der Waals surface area contributed by atoms with Crippen LogP contribution in [0, 0.1) is 13.8 Å². The van der Waals surface area contributed by atoms with E-state index in [1.807, 2.05) is 34.8 Å². The Balaban J connectivity index is 1.45. The summed E-state index contributed by atoms with van der Waals surface area (Å²) in [6.45, 7) is 6.51. The molecule has 1 saturated heterocycles. The first-order valence-electron chi connectivity index (χ1n) is 11.9. The molecule has 4 aromatic rings. The molecule has 7 heteroatoms. The van der Waals surface area contributed by atoms with E-state index in [1.54, 1.807) is 11.3 Å². The lowest BCUT2D eigenvalue weighted by molar-refractivity contribution is -0.133. The maximum atomic E-state index is 13.4. The number of aromatic nitrogens is 3. The van der Waals surface area contributed by atoms with Crippen molar-refractivity contribution < 1.29 is 9.53 Å². The van der Waals surface area contributed by atoms with Gasteiger partial charge < -0.3 is 9.64 Å². The van der Waals surface area contributed by atoms with Crippen LogP contribution in [0.2, 0.25) is 0 Å². The summed E-state index contributed by atoms with van der Waals surface area (Å²) < 4.78 is 7.74. The van der Waals surface area contributed by atoms with Gasteiger partial charge in [0, 0.05) is 44.2 Å². The van der Waals surface area contributed by atoms with E-state index in [0.29, 0.717) is 26.1 Å². The van der Waals surface area contributed by atoms with Crippen molar-refractivity contribution in [3.8, 4) is 10.6 Å². The third-order valence-electron chi connectivity index (χ3n) is 6.30. The van der Waals surface area contributed by atoms with Crippen LogP contribution >= 0.6 is 11.3 Å². The highest BCUT2D eigenvalue weighted by molar-refractivity contribution is 7.13. The number of ether oxygens (including phenoxy) is 1. The molecule has 0 aliphatic carbocycles. The molecular formula is C27H30N4O2S. The van der Waals surface area contributed by atoms with Gasteiger partial charge in [0.25, 0.3) is 0 Å². The molecule has 3 aromatic heterocycles. The number of aryl methyl sites for hydroxylation is 3. The van der Waals surface area contributed by atoms with Gasteiger partial charge in [0.05, 0.1) is 27.9 Å². The van der Waals surface area contributed by atoms with E-state index in [9.17, 15) is 4.79 Å². The minimum atomic E-state index is 0.0946. The lowest BCUT2D eigenvalue weighted by Gasteiger charge is -2.26. The molecule has 1 amide bonds. The summed E-state index contributed by atoms with van der Waals surface area (Å²) in [6.07, 6.45) is 4.47. The topological polar surface area (TPSA) is 60.2 Å². The van der Waals surface area contributed by atoms with Crippen molar-refractivity contribution in [2.45, 2.75) is 52.3 Å². The zero-order valence-corrected chi connectivity index (χ0v) is 20.6. The van der Waals surface area contributed by atoms with Crippen molar-refractivity contribution >= 4 is 28.1 Å². The second-order valence-electron chi connectivity index (χ2n) is 9.05. The molecule has 1 unspecified atom stereocenters. The summed E-state index contributed by atoms with van der Waals surface area (Å²) in [4.78, 5) is 21.6. The van der Waals surface area contributed by atoms with Gasteiger partial charge in [0.2, 0.25) is 5.91 Å². The SMILES string of the molecule is Cc1ccc2cc(CN(CC3CCCO3)C(=O)CCn3ccc(C)n3)c(-c3cccs3)nc2c1. The number of carbonyl (C=O) groups excluding carboxylic acids is 1. The molecule has 1 fully saturated rings. The first-order chi connectivity index (χ1) is 16.5. The summed E-state index contributed by atoms with van der Waals surface area (Å²) in [7, 11) is 0. The van der Waals surface area contributed by atoms with Crippen molar-refractivity contribution in [1.29, 1.82) is 0 Å². The Kier molecular flexibility index (Phi) is 6.74. The maximum Gasteiger partial charge on any atom is 0.224 e. The minimum Gasteiger partial charge on any atom is -0.376 e. The molecule has 1 aromatic carbocycles. The van der Waals surface area contributed by atoms with Crippen LogP contribution < -0.4 is 0 Å². The lowest BCUT2D eigenvalue weighted by atomic mass is 10.1. The fraction of sp³-hybridized carbons (Fsp3) is 0.370. The van der Waals surface area contributed by atoms with Gasteiger partial charge in [-0.3, -0.25) is 9.48 Å². The number of nitrogens with zero attached hydrogens (tertiary/aromatic N) is 4. The number of pyridine rings is 1. The number of hydrogen-bond donors (Lipinski definition) is 0. The molecule has 0 saturated carbocycles. The van der Waals surface area contributed by atoms with Crippen LogP contribution in [-0.4, -0.2) is 44.8 Å². The average Bonchev–Trinajstić information content (AvgIpc) is 3.60. The van der Waals surface area contributed by atoms with Crippen LogP contribution in [-0.2, 0) is 22.6 Å². The van der Waals surface area contributed by atoms with Crippen molar-refractivity contribution in [2.75, 3.05) is 13.2 Å². The average molecular weight is 475 g/mol. The van der Waals surface area contributed by atoms with Gasteiger partial charge >= 0.3 is 0 Å². The molecule has 34 heavy (non-hydrogen) atoms. The monoisotopic (exact) mass is 474 g/mol. The van der Waals surface area contributed by atoms with Crippen molar-refractivity contribution in [2.24, 2.45) is 0 Å². The second kappa shape index (κ2) is 10.1. The molecule has 4 heterocycles. The van der Waals surface area contributed by atoms with E-state index in [4.69, 9.17) is 9.72 Å². The largest absolute Gasteiger partial charge is 0.376 e. The Labute approximate surface area is 204 Å². The highest BCUT2D eigenvalue weighted by Gasteiger charge is 2.24. The summed E-state index contributed by atoms with van der Waals surface area (Å²) in [5.41, 5.74) is 5.16. The fourth-order valence-electron chi connectivity index (χ4n) is 4.52. The predicted octanol–water partition coefficient (Wildman–Crippen LogP) is 5.37. The standard InChI is InChI=1S/C27H30N4O2S/c1-19-7-8-21-16-22(27(28-24(21)15-19)25-6-4-14-34-25)17-30(18-23-5-3-13-33-23)26(32)10-12-31-11-9-20(2)29-31/h4,6-9,11,14-16,23H,3,5,10,12-13,17-18H2,1-2H3. The second-order valence-corrected chi connectivity index (χ2v) is 10.00. The van der Waals surface area contributed by atoms with Gasteiger partial charge in [-0.2, -0.15) is 5.10 Å². The quantitative estimate of drug-likeness (QED) is 0.344. The highest BCUT2D eigenvalue weighted by atomic mass is 32.1. The number of carbonyl (C=O) groups is 1. The number of fused-ring (bicyclic) bond motifs is 1. The van der Waals surface area contributed by atoms with E-state index in [-0.39, 0.29) is 12.0 Å². The zero-order valence-electron chi connectivity index (χ0n) is 19.7. The van der Waals surface area contributed by atoms with Crippen molar-refractivity contribution in [3.05, 3.63) is 70.9 Å². The Bertz CT molecular complexity index is 1280. The molecule has 0 radical (unpaired) electrons. The predicted molar refractivity (Wildman–Crippen MR) is 136 cm³/mol. The smallest absolute Gasteiger partial charge is 0.224 e. The molecule has 1 aliphatic heterocycles. The number of rotatable bonds is 8. The molecule has 1 atom stereocenters. The summed E-state index contributed by atoms with van der Waals surface area (Å²) in [5.74, 6) is 0.116. The molecule has 0 bridgehead atoms.